The lowest BCUT2D eigenvalue weighted by molar-refractivity contribution is -0.115. The van der Waals surface area contributed by atoms with Crippen molar-refractivity contribution in [3.63, 3.8) is 0 Å². The summed E-state index contributed by atoms with van der Waals surface area (Å²) in [5.41, 5.74) is 0.346. The molecule has 164 valence electrons. The molecule has 1 amide bonds. The Bertz CT molecular complexity index is 1240. The molecule has 2 N–H and O–H groups in total. The molecule has 0 atom stereocenters. The van der Waals surface area contributed by atoms with E-state index in [4.69, 9.17) is 16.0 Å². The zero-order chi connectivity index (χ0) is 22.5. The number of rotatable bonds is 9. The Labute approximate surface area is 185 Å². The second kappa shape index (κ2) is 9.65. The average Bonchev–Trinajstić information content (AvgIpc) is 3.26. The van der Waals surface area contributed by atoms with E-state index >= 15 is 0 Å². The van der Waals surface area contributed by atoms with Gasteiger partial charge in [-0.05, 0) is 60.7 Å². The smallest absolute Gasteiger partial charge is 0.240 e. The monoisotopic (exact) mass is 482 g/mol. The minimum Gasteiger partial charge on any atom is -0.468 e. The Kier molecular flexibility index (Phi) is 7.16. The molecule has 8 nitrogen and oxygen atoms in total. The van der Waals surface area contributed by atoms with E-state index in [9.17, 15) is 21.6 Å². The summed E-state index contributed by atoms with van der Waals surface area (Å²) in [4.78, 5) is 12.2. The molecular formula is C20H19ClN2O6S2. The molecule has 3 rings (SSSR count). The van der Waals surface area contributed by atoms with Crippen LogP contribution in [-0.2, 0) is 31.2 Å². The van der Waals surface area contributed by atoms with Crippen LogP contribution in [-0.4, -0.2) is 28.5 Å². The molecule has 3 aromatic rings. The fourth-order valence-corrected chi connectivity index (χ4v) is 4.95. The SMILES string of the molecule is O=C(CCS(=O)(=O)c1ccc(Cl)cc1)Nc1ccc(S(=O)(=O)NCc2ccco2)cc1. The Balaban J connectivity index is 1.55. The number of carbonyl (C=O) groups excluding carboxylic acids is 1. The maximum atomic E-state index is 12.3. The van der Waals surface area contributed by atoms with Gasteiger partial charge in [0, 0.05) is 17.1 Å². The van der Waals surface area contributed by atoms with Crippen LogP contribution in [0.1, 0.15) is 12.2 Å². The summed E-state index contributed by atoms with van der Waals surface area (Å²) in [6, 6.07) is 14.5. The van der Waals surface area contributed by atoms with Crippen molar-refractivity contribution >= 4 is 43.1 Å². The number of hydrogen-bond donors (Lipinski definition) is 2. The second-order valence-electron chi connectivity index (χ2n) is 6.50. The molecule has 0 bridgehead atoms. The second-order valence-corrected chi connectivity index (χ2v) is 10.8. The largest absolute Gasteiger partial charge is 0.468 e. The number of benzene rings is 2. The molecule has 0 fully saturated rings. The van der Waals surface area contributed by atoms with E-state index in [0.29, 0.717) is 16.5 Å². The van der Waals surface area contributed by atoms with Crippen LogP contribution < -0.4 is 10.0 Å². The van der Waals surface area contributed by atoms with Gasteiger partial charge in [-0.3, -0.25) is 4.79 Å². The van der Waals surface area contributed by atoms with Gasteiger partial charge in [-0.2, -0.15) is 0 Å². The molecule has 0 radical (unpaired) electrons. The summed E-state index contributed by atoms with van der Waals surface area (Å²) >= 11 is 5.75. The third-order valence-corrected chi connectivity index (χ3v) is 7.64. The first-order valence-electron chi connectivity index (χ1n) is 9.06. The van der Waals surface area contributed by atoms with Gasteiger partial charge in [-0.1, -0.05) is 11.6 Å². The van der Waals surface area contributed by atoms with E-state index in [1.165, 1.54) is 54.8 Å². The highest BCUT2D eigenvalue weighted by molar-refractivity contribution is 7.91. The molecular weight excluding hydrogens is 464 g/mol. The van der Waals surface area contributed by atoms with E-state index in [0.717, 1.165) is 0 Å². The Morgan fingerprint density at radius 2 is 1.55 bits per heavy atom. The van der Waals surface area contributed by atoms with Crippen LogP contribution in [0.25, 0.3) is 0 Å². The number of hydrogen-bond acceptors (Lipinski definition) is 6. The van der Waals surface area contributed by atoms with E-state index in [1.807, 2.05) is 0 Å². The molecule has 0 aliphatic heterocycles. The number of amides is 1. The summed E-state index contributed by atoms with van der Waals surface area (Å²) in [7, 11) is -7.39. The number of sulfone groups is 1. The maximum Gasteiger partial charge on any atom is 0.240 e. The van der Waals surface area contributed by atoms with E-state index in [1.54, 1.807) is 12.1 Å². The average molecular weight is 483 g/mol. The number of nitrogens with one attached hydrogen (secondary N) is 2. The minimum absolute atomic E-state index is 0.00984. The number of halogens is 1. The van der Waals surface area contributed by atoms with Crippen molar-refractivity contribution in [1.29, 1.82) is 0 Å². The Morgan fingerprint density at radius 3 is 2.16 bits per heavy atom. The first-order chi connectivity index (χ1) is 14.7. The number of sulfonamides is 1. The van der Waals surface area contributed by atoms with Gasteiger partial charge in [0.25, 0.3) is 0 Å². The molecule has 0 aliphatic rings. The van der Waals surface area contributed by atoms with Gasteiger partial charge in [0.2, 0.25) is 15.9 Å². The highest BCUT2D eigenvalue weighted by atomic mass is 35.5. The third-order valence-electron chi connectivity index (χ3n) is 4.24. The quantitative estimate of drug-likeness (QED) is 0.482. The molecule has 0 unspecified atom stereocenters. The molecule has 0 saturated heterocycles. The lowest BCUT2D eigenvalue weighted by Gasteiger charge is -2.09. The molecule has 0 aliphatic carbocycles. The first kappa shape index (κ1) is 23.0. The van der Waals surface area contributed by atoms with Gasteiger partial charge >= 0.3 is 0 Å². The topological polar surface area (TPSA) is 123 Å². The van der Waals surface area contributed by atoms with Crippen molar-refractivity contribution in [2.75, 3.05) is 11.1 Å². The standard InChI is InChI=1S/C20H19ClN2O6S2/c21-15-3-7-18(8-4-15)30(25,26)13-11-20(24)23-16-5-9-19(10-6-16)31(27,28)22-14-17-2-1-12-29-17/h1-10,12,22H,11,13-14H2,(H,23,24). The van der Waals surface area contributed by atoms with Gasteiger partial charge in [0.15, 0.2) is 9.84 Å². The van der Waals surface area contributed by atoms with E-state index in [-0.39, 0.29) is 28.5 Å². The zero-order valence-corrected chi connectivity index (χ0v) is 18.5. The van der Waals surface area contributed by atoms with Crippen molar-refractivity contribution in [3.05, 3.63) is 77.7 Å². The van der Waals surface area contributed by atoms with Crippen molar-refractivity contribution in [1.82, 2.24) is 4.72 Å². The van der Waals surface area contributed by atoms with Crippen LogP contribution in [0.15, 0.2) is 81.1 Å². The summed E-state index contributed by atoms with van der Waals surface area (Å²) in [5.74, 6) is -0.408. The van der Waals surface area contributed by atoms with Gasteiger partial charge in [-0.15, -0.1) is 0 Å². The summed E-state index contributed by atoms with van der Waals surface area (Å²) < 4.78 is 56.7. The molecule has 0 spiro atoms. The van der Waals surface area contributed by atoms with E-state index in [2.05, 4.69) is 10.0 Å². The Morgan fingerprint density at radius 1 is 0.903 bits per heavy atom. The van der Waals surface area contributed by atoms with E-state index < -0.39 is 25.8 Å². The highest BCUT2D eigenvalue weighted by Crippen LogP contribution is 2.17. The van der Waals surface area contributed by atoms with Crippen LogP contribution in [0.3, 0.4) is 0 Å². The van der Waals surface area contributed by atoms with Crippen LogP contribution >= 0.6 is 11.6 Å². The van der Waals surface area contributed by atoms with Gasteiger partial charge in [0.1, 0.15) is 5.76 Å². The van der Waals surface area contributed by atoms with Crippen LogP contribution in [0.4, 0.5) is 5.69 Å². The first-order valence-corrected chi connectivity index (χ1v) is 12.6. The lowest BCUT2D eigenvalue weighted by Crippen LogP contribution is -2.23. The van der Waals surface area contributed by atoms with Gasteiger partial charge in [0.05, 0.1) is 28.4 Å². The lowest BCUT2D eigenvalue weighted by atomic mass is 10.3. The fraction of sp³-hybridized carbons (Fsp3) is 0.150. The summed E-state index contributed by atoms with van der Waals surface area (Å²) in [6.07, 6.45) is 1.19. The van der Waals surface area contributed by atoms with Crippen LogP contribution in [0.2, 0.25) is 5.02 Å². The predicted molar refractivity (Wildman–Crippen MR) is 116 cm³/mol. The van der Waals surface area contributed by atoms with Crippen molar-refractivity contribution in [3.8, 4) is 0 Å². The van der Waals surface area contributed by atoms with Crippen molar-refractivity contribution in [2.24, 2.45) is 0 Å². The van der Waals surface area contributed by atoms with Gasteiger partial charge < -0.3 is 9.73 Å². The predicted octanol–water partition coefficient (Wildman–Crippen LogP) is 3.21. The van der Waals surface area contributed by atoms with Crippen molar-refractivity contribution < 1.29 is 26.0 Å². The summed E-state index contributed by atoms with van der Waals surface area (Å²) in [5, 5.41) is 2.97. The van der Waals surface area contributed by atoms with Gasteiger partial charge in [-0.25, -0.2) is 21.6 Å². The summed E-state index contributed by atoms with van der Waals surface area (Å²) in [6.45, 7) is 0.00984. The number of carbonyl (C=O) groups is 1. The van der Waals surface area contributed by atoms with Crippen molar-refractivity contribution in [2.45, 2.75) is 22.8 Å². The van der Waals surface area contributed by atoms with Crippen LogP contribution in [0.5, 0.6) is 0 Å². The Hall–Kier alpha value is -2.66. The fourth-order valence-electron chi connectivity index (χ4n) is 2.59. The molecule has 1 aromatic heterocycles. The maximum absolute atomic E-state index is 12.3. The highest BCUT2D eigenvalue weighted by Gasteiger charge is 2.17. The molecule has 31 heavy (non-hydrogen) atoms. The minimum atomic E-state index is -3.76. The number of anilines is 1. The third kappa shape index (κ3) is 6.41. The number of furan rings is 1. The molecule has 1 heterocycles. The molecule has 2 aromatic carbocycles. The normalized spacial score (nSPS) is 11.9. The molecule has 0 saturated carbocycles. The van der Waals surface area contributed by atoms with Crippen LogP contribution in [0, 0.1) is 0 Å². The molecule has 11 heteroatoms. The zero-order valence-electron chi connectivity index (χ0n) is 16.1.